The van der Waals surface area contributed by atoms with Crippen molar-refractivity contribution in [3.8, 4) is 5.75 Å². The van der Waals surface area contributed by atoms with Crippen LogP contribution in [0.2, 0.25) is 0 Å². The summed E-state index contributed by atoms with van der Waals surface area (Å²) in [5.74, 6) is -1.45. The summed E-state index contributed by atoms with van der Waals surface area (Å²) in [6.45, 7) is -0.895. The maximum atomic E-state index is 13.1. The van der Waals surface area contributed by atoms with Crippen LogP contribution in [0.4, 0.5) is 15.8 Å². The number of amides is 1. The minimum absolute atomic E-state index is 0.0505. The number of benzene rings is 3. The molecule has 184 valence electrons. The largest absolute Gasteiger partial charge is 0.482 e. The fourth-order valence-corrected chi connectivity index (χ4v) is 4.67. The van der Waals surface area contributed by atoms with Crippen molar-refractivity contribution in [2.75, 3.05) is 36.1 Å². The first kappa shape index (κ1) is 26.0. The minimum Gasteiger partial charge on any atom is -0.482 e. The second kappa shape index (κ2) is 11.7. The highest BCUT2D eigenvalue weighted by molar-refractivity contribution is 7.98. The van der Waals surface area contributed by atoms with E-state index < -0.39 is 40.9 Å². The number of esters is 1. The van der Waals surface area contributed by atoms with E-state index in [2.05, 4.69) is 5.32 Å². The number of anilines is 2. The lowest BCUT2D eigenvalue weighted by molar-refractivity contribution is -0.149. The van der Waals surface area contributed by atoms with Crippen molar-refractivity contribution >= 4 is 45.0 Å². The summed E-state index contributed by atoms with van der Waals surface area (Å²) in [4.78, 5) is 24.8. The molecule has 0 unspecified atom stereocenters. The van der Waals surface area contributed by atoms with Crippen LogP contribution in [0.15, 0.2) is 82.6 Å². The van der Waals surface area contributed by atoms with Gasteiger partial charge in [0.1, 0.15) is 11.6 Å². The molecular formula is C24H23FN2O6S2. The Morgan fingerprint density at radius 2 is 1.63 bits per heavy atom. The monoisotopic (exact) mass is 518 g/mol. The summed E-state index contributed by atoms with van der Waals surface area (Å²) in [6, 6.07) is 17.8. The van der Waals surface area contributed by atoms with Gasteiger partial charge in [-0.3, -0.25) is 9.10 Å². The Morgan fingerprint density at radius 1 is 0.971 bits per heavy atom. The molecule has 3 aromatic carbocycles. The predicted molar refractivity (Wildman–Crippen MR) is 132 cm³/mol. The molecule has 0 heterocycles. The number of carbonyl (C=O) groups is 2. The fourth-order valence-electron chi connectivity index (χ4n) is 2.92. The highest BCUT2D eigenvalue weighted by Crippen LogP contribution is 2.25. The number of thioether (sulfide) groups is 1. The van der Waals surface area contributed by atoms with Gasteiger partial charge >= 0.3 is 5.97 Å². The molecule has 0 saturated heterocycles. The molecule has 0 radical (unpaired) electrons. The summed E-state index contributed by atoms with van der Waals surface area (Å²) in [5.41, 5.74) is 0.968. The molecular weight excluding hydrogens is 495 g/mol. The molecule has 0 fully saturated rings. The lowest BCUT2D eigenvalue weighted by Gasteiger charge is -2.19. The van der Waals surface area contributed by atoms with Crippen LogP contribution in [0.1, 0.15) is 0 Å². The molecule has 1 N–H and O–H groups in total. The quantitative estimate of drug-likeness (QED) is 0.320. The molecule has 0 aliphatic carbocycles. The zero-order chi connectivity index (χ0) is 25.4. The Labute approximate surface area is 207 Å². The first-order chi connectivity index (χ1) is 16.7. The summed E-state index contributed by atoms with van der Waals surface area (Å²) in [7, 11) is -2.51. The van der Waals surface area contributed by atoms with Gasteiger partial charge in [0.25, 0.3) is 15.9 Å². The Balaban J connectivity index is 1.49. The molecule has 8 nitrogen and oxygen atoms in total. The number of hydrogen-bond acceptors (Lipinski definition) is 7. The van der Waals surface area contributed by atoms with Crippen molar-refractivity contribution in [3.05, 3.63) is 78.6 Å². The van der Waals surface area contributed by atoms with Crippen molar-refractivity contribution in [1.29, 1.82) is 0 Å². The van der Waals surface area contributed by atoms with E-state index in [9.17, 15) is 22.4 Å². The van der Waals surface area contributed by atoms with Gasteiger partial charge in [0, 0.05) is 11.9 Å². The fraction of sp³-hybridized carbons (Fsp3) is 0.167. The summed E-state index contributed by atoms with van der Waals surface area (Å²) in [6.07, 6.45) is 1.89. The lowest BCUT2D eigenvalue weighted by atomic mass is 10.3. The van der Waals surface area contributed by atoms with Crippen LogP contribution in [0.25, 0.3) is 0 Å². The van der Waals surface area contributed by atoms with Gasteiger partial charge in [0.05, 0.1) is 16.3 Å². The molecule has 0 atom stereocenters. The molecule has 0 aromatic heterocycles. The van der Waals surface area contributed by atoms with Crippen LogP contribution in [0, 0.1) is 5.82 Å². The van der Waals surface area contributed by atoms with Crippen LogP contribution in [-0.2, 0) is 24.3 Å². The zero-order valence-electron chi connectivity index (χ0n) is 18.9. The molecule has 0 aliphatic heterocycles. The number of para-hydroxylation sites is 1. The van der Waals surface area contributed by atoms with Crippen molar-refractivity contribution in [2.45, 2.75) is 9.79 Å². The van der Waals surface area contributed by atoms with Crippen LogP contribution in [-0.4, -0.2) is 46.8 Å². The van der Waals surface area contributed by atoms with Crippen molar-refractivity contribution in [1.82, 2.24) is 0 Å². The van der Waals surface area contributed by atoms with Crippen LogP contribution in [0.5, 0.6) is 5.75 Å². The molecule has 35 heavy (non-hydrogen) atoms. The van der Waals surface area contributed by atoms with E-state index in [-0.39, 0.29) is 4.90 Å². The van der Waals surface area contributed by atoms with Gasteiger partial charge in [0.15, 0.2) is 13.2 Å². The zero-order valence-corrected chi connectivity index (χ0v) is 20.6. The maximum Gasteiger partial charge on any atom is 0.344 e. The third kappa shape index (κ3) is 6.96. The first-order valence-corrected chi connectivity index (χ1v) is 12.9. The molecule has 1 amide bonds. The molecule has 0 aliphatic rings. The molecule has 3 aromatic rings. The summed E-state index contributed by atoms with van der Waals surface area (Å²) < 4.78 is 49.8. The topological polar surface area (TPSA) is 102 Å². The van der Waals surface area contributed by atoms with E-state index in [1.807, 2.05) is 18.4 Å². The van der Waals surface area contributed by atoms with Crippen LogP contribution in [0.3, 0.4) is 0 Å². The Kier molecular flexibility index (Phi) is 8.72. The molecule has 0 saturated carbocycles. The third-order valence-electron chi connectivity index (χ3n) is 4.77. The van der Waals surface area contributed by atoms with E-state index in [0.717, 1.165) is 21.3 Å². The molecule has 3 rings (SSSR count). The standard InChI is InChI=1S/C24H23FN2O6S2/c1-27(35(30,31)20-13-7-17(25)8-14-20)18-9-11-19(12-10-18)32-16-24(29)33-15-23(28)26-21-5-3-4-6-22(21)34-2/h3-14H,15-16H2,1-2H3,(H,26,28). The molecule has 0 bridgehead atoms. The number of ether oxygens (including phenoxy) is 2. The smallest absolute Gasteiger partial charge is 0.344 e. The van der Waals surface area contributed by atoms with Gasteiger partial charge in [0.2, 0.25) is 0 Å². The average molecular weight is 519 g/mol. The van der Waals surface area contributed by atoms with Gasteiger partial charge in [-0.1, -0.05) is 12.1 Å². The van der Waals surface area contributed by atoms with E-state index in [1.54, 1.807) is 12.1 Å². The van der Waals surface area contributed by atoms with Crippen LogP contribution < -0.4 is 14.4 Å². The lowest BCUT2D eigenvalue weighted by Crippen LogP contribution is -2.26. The van der Waals surface area contributed by atoms with E-state index in [1.165, 1.54) is 55.2 Å². The number of halogens is 1. The van der Waals surface area contributed by atoms with E-state index in [0.29, 0.717) is 17.1 Å². The maximum absolute atomic E-state index is 13.1. The summed E-state index contributed by atoms with van der Waals surface area (Å²) >= 11 is 1.48. The number of hydrogen-bond donors (Lipinski definition) is 1. The van der Waals surface area contributed by atoms with Crippen molar-refractivity contribution in [3.63, 3.8) is 0 Å². The van der Waals surface area contributed by atoms with Crippen molar-refractivity contribution < 1.29 is 31.9 Å². The molecule has 0 spiro atoms. The number of carbonyl (C=O) groups excluding carboxylic acids is 2. The minimum atomic E-state index is -3.88. The van der Waals surface area contributed by atoms with Gasteiger partial charge in [-0.2, -0.15) is 0 Å². The van der Waals surface area contributed by atoms with Gasteiger partial charge in [-0.25, -0.2) is 17.6 Å². The Bertz CT molecular complexity index is 1280. The number of nitrogens with one attached hydrogen (secondary N) is 1. The van der Waals surface area contributed by atoms with Gasteiger partial charge in [-0.15, -0.1) is 11.8 Å². The predicted octanol–water partition coefficient (Wildman–Crippen LogP) is 3.93. The number of sulfonamides is 1. The van der Waals surface area contributed by atoms with Gasteiger partial charge in [-0.05, 0) is 66.9 Å². The Morgan fingerprint density at radius 3 is 2.29 bits per heavy atom. The number of rotatable bonds is 10. The van der Waals surface area contributed by atoms with Gasteiger partial charge < -0.3 is 14.8 Å². The Hall–Kier alpha value is -3.57. The highest BCUT2D eigenvalue weighted by atomic mass is 32.2. The van der Waals surface area contributed by atoms with Crippen molar-refractivity contribution in [2.24, 2.45) is 0 Å². The molecule has 11 heteroatoms. The first-order valence-electron chi connectivity index (χ1n) is 10.3. The second-order valence-electron chi connectivity index (χ2n) is 7.12. The van der Waals surface area contributed by atoms with E-state index in [4.69, 9.17) is 9.47 Å². The van der Waals surface area contributed by atoms with Crippen LogP contribution >= 0.6 is 11.8 Å². The third-order valence-corrected chi connectivity index (χ3v) is 7.37. The summed E-state index contributed by atoms with van der Waals surface area (Å²) in [5, 5.41) is 2.68. The normalized spacial score (nSPS) is 10.9. The number of nitrogens with zero attached hydrogens (tertiary/aromatic N) is 1. The second-order valence-corrected chi connectivity index (χ2v) is 9.94. The highest BCUT2D eigenvalue weighted by Gasteiger charge is 2.21. The SMILES string of the molecule is CSc1ccccc1NC(=O)COC(=O)COc1ccc(N(C)S(=O)(=O)c2ccc(F)cc2)cc1. The average Bonchev–Trinajstić information content (AvgIpc) is 2.86. The van der Waals surface area contributed by atoms with E-state index >= 15 is 0 Å².